The third kappa shape index (κ3) is 3.47. The molecule has 0 saturated carbocycles. The molecule has 0 N–H and O–H groups in total. The number of rotatable bonds is 5. The Labute approximate surface area is 138 Å². The zero-order valence-corrected chi connectivity index (χ0v) is 12.6. The van der Waals surface area contributed by atoms with Gasteiger partial charge in [-0.1, -0.05) is 30.3 Å². The Balaban J connectivity index is 1.72. The monoisotopic (exact) mass is 319 g/mol. The molecule has 0 aliphatic rings. The van der Waals surface area contributed by atoms with Gasteiger partial charge in [0.1, 0.15) is 11.5 Å². The molecule has 0 spiro atoms. The SMILES string of the molecule is O=C(/C=C/c1ccc(-c2ccccc2)o1)c1ccc([N+](=O)[O-])cc1. The number of ketones is 1. The van der Waals surface area contributed by atoms with Gasteiger partial charge in [-0.05, 0) is 36.4 Å². The van der Waals surface area contributed by atoms with E-state index in [1.807, 2.05) is 36.4 Å². The van der Waals surface area contributed by atoms with Crippen LogP contribution in [-0.4, -0.2) is 10.7 Å². The smallest absolute Gasteiger partial charge is 0.269 e. The number of non-ortho nitro benzene ring substituents is 1. The number of carbonyl (C=O) groups excluding carboxylic acids is 1. The maximum Gasteiger partial charge on any atom is 0.269 e. The quantitative estimate of drug-likeness (QED) is 0.294. The number of nitro benzene ring substituents is 1. The summed E-state index contributed by atoms with van der Waals surface area (Å²) >= 11 is 0. The number of nitrogens with zero attached hydrogens (tertiary/aromatic N) is 1. The van der Waals surface area contributed by atoms with Gasteiger partial charge in [-0.3, -0.25) is 14.9 Å². The van der Waals surface area contributed by atoms with E-state index in [9.17, 15) is 14.9 Å². The topological polar surface area (TPSA) is 73.3 Å². The zero-order chi connectivity index (χ0) is 16.9. The van der Waals surface area contributed by atoms with Gasteiger partial charge in [-0.15, -0.1) is 0 Å². The van der Waals surface area contributed by atoms with E-state index in [0.717, 1.165) is 11.3 Å². The number of hydrogen-bond acceptors (Lipinski definition) is 4. The van der Waals surface area contributed by atoms with E-state index < -0.39 is 4.92 Å². The van der Waals surface area contributed by atoms with Crippen LogP contribution in [0.1, 0.15) is 16.1 Å². The predicted molar refractivity (Wildman–Crippen MR) is 90.6 cm³/mol. The molecular formula is C19H13NO4. The summed E-state index contributed by atoms with van der Waals surface area (Å²) in [7, 11) is 0. The highest BCUT2D eigenvalue weighted by Gasteiger charge is 2.08. The van der Waals surface area contributed by atoms with E-state index in [1.54, 1.807) is 12.1 Å². The van der Waals surface area contributed by atoms with Gasteiger partial charge in [0.15, 0.2) is 5.78 Å². The van der Waals surface area contributed by atoms with E-state index in [0.29, 0.717) is 11.3 Å². The van der Waals surface area contributed by atoms with Crippen molar-refractivity contribution in [3.8, 4) is 11.3 Å². The normalized spacial score (nSPS) is 10.8. The minimum absolute atomic E-state index is 0.0472. The molecule has 0 amide bonds. The van der Waals surface area contributed by atoms with Crippen molar-refractivity contribution in [2.45, 2.75) is 0 Å². The molecule has 5 heteroatoms. The molecule has 5 nitrogen and oxygen atoms in total. The fourth-order valence-electron chi connectivity index (χ4n) is 2.20. The van der Waals surface area contributed by atoms with Gasteiger partial charge in [0.2, 0.25) is 0 Å². The first-order valence-corrected chi connectivity index (χ1v) is 7.25. The first-order chi connectivity index (χ1) is 11.6. The van der Waals surface area contributed by atoms with E-state index >= 15 is 0 Å². The van der Waals surface area contributed by atoms with Gasteiger partial charge < -0.3 is 4.42 Å². The van der Waals surface area contributed by atoms with Crippen molar-refractivity contribution in [2.24, 2.45) is 0 Å². The highest BCUT2D eigenvalue weighted by molar-refractivity contribution is 6.06. The summed E-state index contributed by atoms with van der Waals surface area (Å²) in [6, 6.07) is 18.7. The second-order valence-corrected chi connectivity index (χ2v) is 5.07. The Bertz CT molecular complexity index is 893. The lowest BCUT2D eigenvalue weighted by Crippen LogP contribution is -1.95. The van der Waals surface area contributed by atoms with E-state index in [2.05, 4.69) is 0 Å². The summed E-state index contributed by atoms with van der Waals surface area (Å²) in [6.07, 6.45) is 2.96. The van der Waals surface area contributed by atoms with Crippen LogP contribution in [-0.2, 0) is 0 Å². The Morgan fingerprint density at radius 2 is 1.67 bits per heavy atom. The largest absolute Gasteiger partial charge is 0.457 e. The highest BCUT2D eigenvalue weighted by atomic mass is 16.6. The minimum Gasteiger partial charge on any atom is -0.457 e. The molecule has 3 aromatic rings. The van der Waals surface area contributed by atoms with E-state index in [-0.39, 0.29) is 11.5 Å². The molecule has 1 aromatic heterocycles. The Kier molecular flexibility index (Phi) is 4.34. The van der Waals surface area contributed by atoms with Crippen molar-refractivity contribution in [1.82, 2.24) is 0 Å². The minimum atomic E-state index is -0.502. The summed E-state index contributed by atoms with van der Waals surface area (Å²) in [6.45, 7) is 0. The molecular weight excluding hydrogens is 306 g/mol. The third-order valence-corrected chi connectivity index (χ3v) is 3.45. The van der Waals surface area contributed by atoms with Crippen LogP contribution in [0.4, 0.5) is 5.69 Å². The maximum atomic E-state index is 12.1. The van der Waals surface area contributed by atoms with Crippen LogP contribution in [0, 0.1) is 10.1 Å². The first kappa shape index (κ1) is 15.4. The maximum absolute atomic E-state index is 12.1. The number of furan rings is 1. The lowest BCUT2D eigenvalue weighted by molar-refractivity contribution is -0.384. The van der Waals surface area contributed by atoms with Gasteiger partial charge in [0.05, 0.1) is 4.92 Å². The fourth-order valence-corrected chi connectivity index (χ4v) is 2.20. The van der Waals surface area contributed by atoms with Crippen LogP contribution < -0.4 is 0 Å². The average molecular weight is 319 g/mol. The summed E-state index contributed by atoms with van der Waals surface area (Å²) in [5.41, 5.74) is 1.29. The molecule has 24 heavy (non-hydrogen) atoms. The van der Waals surface area contributed by atoms with Crippen LogP contribution >= 0.6 is 0 Å². The average Bonchev–Trinajstić information content (AvgIpc) is 3.09. The molecule has 0 saturated heterocycles. The van der Waals surface area contributed by atoms with Gasteiger partial charge in [0, 0.05) is 23.3 Å². The van der Waals surface area contributed by atoms with Crippen LogP contribution in [0.5, 0.6) is 0 Å². The van der Waals surface area contributed by atoms with Crippen molar-refractivity contribution in [3.05, 3.63) is 94.2 Å². The fraction of sp³-hybridized carbons (Fsp3) is 0. The molecule has 0 radical (unpaired) electrons. The Morgan fingerprint density at radius 1 is 0.958 bits per heavy atom. The summed E-state index contributed by atoms with van der Waals surface area (Å²) in [5.74, 6) is 1.03. The predicted octanol–water partition coefficient (Wildman–Crippen LogP) is 4.75. The zero-order valence-electron chi connectivity index (χ0n) is 12.6. The second kappa shape index (κ2) is 6.75. The van der Waals surface area contributed by atoms with Crippen molar-refractivity contribution in [2.75, 3.05) is 0 Å². The third-order valence-electron chi connectivity index (χ3n) is 3.45. The molecule has 3 rings (SSSR count). The molecule has 1 heterocycles. The summed E-state index contributed by atoms with van der Waals surface area (Å²) in [4.78, 5) is 22.2. The van der Waals surface area contributed by atoms with Gasteiger partial charge in [-0.25, -0.2) is 0 Å². The lowest BCUT2D eigenvalue weighted by Gasteiger charge is -1.96. The van der Waals surface area contributed by atoms with Gasteiger partial charge in [-0.2, -0.15) is 0 Å². The molecule has 0 bridgehead atoms. The van der Waals surface area contributed by atoms with Crippen molar-refractivity contribution >= 4 is 17.5 Å². The standard InChI is InChI=1S/C19H13NO4/c21-18(14-6-8-16(9-7-14)20(22)23)12-10-17-11-13-19(24-17)15-4-2-1-3-5-15/h1-13H/b12-10+. The Morgan fingerprint density at radius 3 is 2.33 bits per heavy atom. The summed E-state index contributed by atoms with van der Waals surface area (Å²) in [5, 5.41) is 10.6. The first-order valence-electron chi connectivity index (χ1n) is 7.25. The van der Waals surface area contributed by atoms with Crippen LogP contribution in [0.3, 0.4) is 0 Å². The molecule has 2 aromatic carbocycles. The number of nitro groups is 1. The number of allylic oxidation sites excluding steroid dienone is 1. The van der Waals surface area contributed by atoms with Crippen molar-refractivity contribution in [3.63, 3.8) is 0 Å². The molecule has 0 aliphatic heterocycles. The number of carbonyl (C=O) groups is 1. The van der Waals surface area contributed by atoms with Gasteiger partial charge >= 0.3 is 0 Å². The number of hydrogen-bond donors (Lipinski definition) is 0. The molecule has 0 unspecified atom stereocenters. The van der Waals surface area contributed by atoms with Crippen LogP contribution in [0.15, 0.2) is 77.2 Å². The van der Waals surface area contributed by atoms with Crippen molar-refractivity contribution < 1.29 is 14.1 Å². The van der Waals surface area contributed by atoms with E-state index in [4.69, 9.17) is 4.42 Å². The van der Waals surface area contributed by atoms with Crippen LogP contribution in [0.2, 0.25) is 0 Å². The molecule has 118 valence electrons. The number of benzene rings is 2. The van der Waals surface area contributed by atoms with Crippen molar-refractivity contribution in [1.29, 1.82) is 0 Å². The van der Waals surface area contributed by atoms with E-state index in [1.165, 1.54) is 30.3 Å². The molecule has 0 atom stereocenters. The van der Waals surface area contributed by atoms with Gasteiger partial charge in [0.25, 0.3) is 5.69 Å². The summed E-state index contributed by atoms with van der Waals surface area (Å²) < 4.78 is 5.68. The highest BCUT2D eigenvalue weighted by Crippen LogP contribution is 2.22. The Hall–Kier alpha value is -3.47. The van der Waals surface area contributed by atoms with Crippen LogP contribution in [0.25, 0.3) is 17.4 Å². The lowest BCUT2D eigenvalue weighted by atomic mass is 10.1. The second-order valence-electron chi connectivity index (χ2n) is 5.07. The molecule has 0 fully saturated rings. The molecule has 0 aliphatic carbocycles.